The molecule has 0 saturated carbocycles. The summed E-state index contributed by atoms with van der Waals surface area (Å²) < 4.78 is 31.7. The van der Waals surface area contributed by atoms with E-state index in [1.165, 1.54) is 47.6 Å². The Hall–Kier alpha value is -3.63. The summed E-state index contributed by atoms with van der Waals surface area (Å²) in [5.74, 6) is -1.98. The first-order chi connectivity index (χ1) is 16.8. The van der Waals surface area contributed by atoms with Gasteiger partial charge in [0, 0.05) is 36.8 Å². The third-order valence-electron chi connectivity index (χ3n) is 5.56. The molecule has 4 rings (SSSR count). The number of nitrogens with one attached hydrogen (secondary N) is 1. The van der Waals surface area contributed by atoms with Gasteiger partial charge < -0.3 is 19.5 Å². The van der Waals surface area contributed by atoms with Crippen molar-refractivity contribution in [1.82, 2.24) is 15.1 Å². The molecule has 182 valence electrons. The summed E-state index contributed by atoms with van der Waals surface area (Å²) in [6.45, 7) is 0.591. The predicted octanol–water partition coefficient (Wildman–Crippen LogP) is 2.45. The molecule has 0 unspecified atom stereocenters. The number of furan rings is 1. The van der Waals surface area contributed by atoms with Crippen LogP contribution in [0.1, 0.15) is 20.9 Å². The van der Waals surface area contributed by atoms with Crippen LogP contribution in [-0.2, 0) is 14.6 Å². The highest BCUT2D eigenvalue weighted by Crippen LogP contribution is 2.19. The standard InChI is InChI=1S/C24H22ClN3O6S/c25-18-7-4-6-17(16-18)23(30)27-11-13-28(14-12-27)24(31)22(26-21(29)20-10-5-15-34-20)35(32,33)19-8-2-1-3-9-19/h1-10,15-16,22H,11-14H2,(H,26,29)/t22-/m1/s1. The molecule has 0 radical (unpaired) electrons. The SMILES string of the molecule is O=C(N[C@@H](C(=O)N1CCN(C(=O)c2cccc(Cl)c2)CC1)S(=O)(=O)c1ccccc1)c1ccco1. The van der Waals surface area contributed by atoms with Crippen molar-refractivity contribution in [2.45, 2.75) is 10.3 Å². The van der Waals surface area contributed by atoms with Gasteiger partial charge in [0.05, 0.1) is 11.2 Å². The summed E-state index contributed by atoms with van der Waals surface area (Å²) in [4.78, 5) is 41.6. The molecule has 1 aromatic heterocycles. The van der Waals surface area contributed by atoms with Crippen LogP contribution < -0.4 is 5.32 Å². The van der Waals surface area contributed by atoms with E-state index < -0.39 is 27.0 Å². The molecule has 11 heteroatoms. The molecule has 2 aromatic carbocycles. The molecule has 2 heterocycles. The lowest BCUT2D eigenvalue weighted by atomic mass is 10.2. The second kappa shape index (κ2) is 10.3. The zero-order chi connectivity index (χ0) is 25.0. The first-order valence-corrected chi connectivity index (χ1v) is 12.7. The third-order valence-corrected chi connectivity index (χ3v) is 7.67. The number of halogens is 1. The Balaban J connectivity index is 1.52. The first-order valence-electron chi connectivity index (χ1n) is 10.7. The molecule has 0 aliphatic carbocycles. The average Bonchev–Trinajstić information content (AvgIpc) is 3.42. The van der Waals surface area contributed by atoms with Gasteiger partial charge in [0.15, 0.2) is 5.76 Å². The minimum absolute atomic E-state index is 0.0998. The van der Waals surface area contributed by atoms with Crippen LogP contribution in [-0.4, -0.2) is 67.5 Å². The monoisotopic (exact) mass is 515 g/mol. The maximum Gasteiger partial charge on any atom is 0.288 e. The van der Waals surface area contributed by atoms with Gasteiger partial charge in [-0.3, -0.25) is 14.4 Å². The number of piperazine rings is 1. The molecule has 0 spiro atoms. The molecule has 1 aliphatic heterocycles. The number of carbonyl (C=O) groups excluding carboxylic acids is 3. The molecule has 35 heavy (non-hydrogen) atoms. The van der Waals surface area contributed by atoms with Crippen molar-refractivity contribution in [1.29, 1.82) is 0 Å². The van der Waals surface area contributed by atoms with Gasteiger partial charge in [-0.2, -0.15) is 0 Å². The van der Waals surface area contributed by atoms with Gasteiger partial charge in [0.1, 0.15) is 0 Å². The maximum atomic E-state index is 13.4. The fourth-order valence-corrected chi connectivity index (χ4v) is 5.39. The Morgan fingerprint density at radius 1 is 0.886 bits per heavy atom. The van der Waals surface area contributed by atoms with E-state index in [-0.39, 0.29) is 42.7 Å². The zero-order valence-corrected chi connectivity index (χ0v) is 20.0. The van der Waals surface area contributed by atoms with Gasteiger partial charge in [-0.1, -0.05) is 35.9 Å². The van der Waals surface area contributed by atoms with Gasteiger partial charge in [-0.05, 0) is 42.5 Å². The van der Waals surface area contributed by atoms with Crippen LogP contribution in [0.3, 0.4) is 0 Å². The third kappa shape index (κ3) is 5.39. The number of hydrogen-bond acceptors (Lipinski definition) is 6. The van der Waals surface area contributed by atoms with Crippen LogP contribution in [0.25, 0.3) is 0 Å². The van der Waals surface area contributed by atoms with Crippen LogP contribution in [0.15, 0.2) is 82.3 Å². The molecule has 1 N–H and O–H groups in total. The number of hydrogen-bond donors (Lipinski definition) is 1. The fraction of sp³-hybridized carbons (Fsp3) is 0.208. The molecule has 9 nitrogen and oxygen atoms in total. The Morgan fingerprint density at radius 3 is 2.20 bits per heavy atom. The Kier molecular flexibility index (Phi) is 7.23. The summed E-state index contributed by atoms with van der Waals surface area (Å²) in [7, 11) is -4.27. The van der Waals surface area contributed by atoms with Crippen LogP contribution >= 0.6 is 11.6 Å². The summed E-state index contributed by atoms with van der Waals surface area (Å²) in [5, 5.41) is 0.887. The maximum absolute atomic E-state index is 13.4. The van der Waals surface area contributed by atoms with Crippen molar-refractivity contribution in [2.24, 2.45) is 0 Å². The number of rotatable bonds is 6. The quantitative estimate of drug-likeness (QED) is 0.539. The predicted molar refractivity (Wildman–Crippen MR) is 128 cm³/mol. The summed E-state index contributed by atoms with van der Waals surface area (Å²) >= 11 is 5.98. The second-order valence-electron chi connectivity index (χ2n) is 7.82. The van der Waals surface area contributed by atoms with Gasteiger partial charge in [-0.15, -0.1) is 0 Å². The lowest BCUT2D eigenvalue weighted by Gasteiger charge is -2.36. The Labute approximate surface area is 207 Å². The van der Waals surface area contributed by atoms with Gasteiger partial charge in [0.2, 0.25) is 15.2 Å². The number of nitrogens with zero attached hydrogens (tertiary/aromatic N) is 2. The lowest BCUT2D eigenvalue weighted by molar-refractivity contribution is -0.132. The highest BCUT2D eigenvalue weighted by molar-refractivity contribution is 7.92. The first kappa shape index (κ1) is 24.5. The summed E-state index contributed by atoms with van der Waals surface area (Å²) in [6.07, 6.45) is 1.27. The van der Waals surface area contributed by atoms with Crippen molar-refractivity contribution < 1.29 is 27.2 Å². The molecule has 1 fully saturated rings. The molecule has 1 aliphatic rings. The largest absolute Gasteiger partial charge is 0.459 e. The minimum Gasteiger partial charge on any atom is -0.459 e. The Bertz CT molecular complexity index is 1320. The molecule has 3 aromatic rings. The number of sulfone groups is 1. The fourth-order valence-electron chi connectivity index (χ4n) is 3.72. The van der Waals surface area contributed by atoms with E-state index >= 15 is 0 Å². The van der Waals surface area contributed by atoms with Crippen LogP contribution in [0, 0.1) is 0 Å². The van der Waals surface area contributed by atoms with Crippen LogP contribution in [0.4, 0.5) is 0 Å². The van der Waals surface area contributed by atoms with E-state index in [1.54, 1.807) is 35.2 Å². The van der Waals surface area contributed by atoms with E-state index in [0.29, 0.717) is 10.6 Å². The van der Waals surface area contributed by atoms with E-state index in [1.807, 2.05) is 0 Å². The van der Waals surface area contributed by atoms with Crippen molar-refractivity contribution in [3.8, 4) is 0 Å². The number of carbonyl (C=O) groups is 3. The van der Waals surface area contributed by atoms with Gasteiger partial charge in [0.25, 0.3) is 17.7 Å². The van der Waals surface area contributed by atoms with Gasteiger partial charge in [-0.25, -0.2) is 8.42 Å². The second-order valence-corrected chi connectivity index (χ2v) is 10.3. The highest BCUT2D eigenvalue weighted by atomic mass is 35.5. The van der Waals surface area contributed by atoms with E-state index in [2.05, 4.69) is 5.32 Å². The molecule has 3 amide bonds. The van der Waals surface area contributed by atoms with Crippen molar-refractivity contribution in [3.05, 3.63) is 89.3 Å². The van der Waals surface area contributed by atoms with Crippen molar-refractivity contribution in [2.75, 3.05) is 26.2 Å². The molecular weight excluding hydrogens is 494 g/mol. The average molecular weight is 516 g/mol. The van der Waals surface area contributed by atoms with E-state index in [4.69, 9.17) is 16.0 Å². The van der Waals surface area contributed by atoms with Crippen LogP contribution in [0.2, 0.25) is 5.02 Å². The van der Waals surface area contributed by atoms with Gasteiger partial charge >= 0.3 is 0 Å². The normalized spacial score (nSPS) is 14.9. The summed E-state index contributed by atoms with van der Waals surface area (Å²) in [5.41, 5.74) is 0.424. The number of amides is 3. The van der Waals surface area contributed by atoms with E-state index in [0.717, 1.165) is 0 Å². The van der Waals surface area contributed by atoms with Crippen molar-refractivity contribution >= 4 is 39.2 Å². The van der Waals surface area contributed by atoms with E-state index in [9.17, 15) is 22.8 Å². The summed E-state index contributed by atoms with van der Waals surface area (Å²) in [6, 6.07) is 16.8. The molecule has 1 atom stereocenters. The minimum atomic E-state index is -4.27. The zero-order valence-electron chi connectivity index (χ0n) is 18.5. The topological polar surface area (TPSA) is 117 Å². The molecule has 0 bridgehead atoms. The smallest absolute Gasteiger partial charge is 0.288 e. The molecular formula is C24H22ClN3O6S. The van der Waals surface area contributed by atoms with Crippen molar-refractivity contribution in [3.63, 3.8) is 0 Å². The van der Waals surface area contributed by atoms with Crippen LogP contribution in [0.5, 0.6) is 0 Å². The Morgan fingerprint density at radius 2 is 1.57 bits per heavy atom. The lowest BCUT2D eigenvalue weighted by Crippen LogP contribution is -2.57. The molecule has 1 saturated heterocycles. The highest BCUT2D eigenvalue weighted by Gasteiger charge is 2.40. The number of benzene rings is 2.